The Morgan fingerprint density at radius 2 is 1.95 bits per heavy atom. The number of carbonyl (C=O) groups is 2. The number of primary amides is 1. The van der Waals surface area contributed by atoms with Gasteiger partial charge < -0.3 is 5.73 Å². The van der Waals surface area contributed by atoms with Gasteiger partial charge in [0, 0.05) is 0 Å². The van der Waals surface area contributed by atoms with Gasteiger partial charge in [0.15, 0.2) is 5.78 Å². The van der Waals surface area contributed by atoms with Crippen LogP contribution in [0.5, 0.6) is 0 Å². The van der Waals surface area contributed by atoms with Gasteiger partial charge in [0.05, 0.1) is 18.7 Å². The first-order chi connectivity index (χ1) is 9.04. The minimum Gasteiger partial charge on any atom is -0.369 e. The van der Waals surface area contributed by atoms with Crippen LogP contribution in [0, 0.1) is 5.82 Å². The summed E-state index contributed by atoms with van der Waals surface area (Å²) in [6.07, 6.45) is 1.81. The second-order valence-electron chi connectivity index (χ2n) is 4.43. The molecular weight excluding hydrogens is 247 g/mol. The molecule has 1 aromatic rings. The van der Waals surface area contributed by atoms with Crippen molar-refractivity contribution < 1.29 is 14.0 Å². The van der Waals surface area contributed by atoms with Crippen LogP contribution in [0.15, 0.2) is 24.3 Å². The number of nitrogens with zero attached hydrogens (tertiary/aromatic N) is 1. The number of amides is 1. The zero-order valence-corrected chi connectivity index (χ0v) is 11.1. The van der Waals surface area contributed by atoms with Crippen LogP contribution in [0.4, 0.5) is 4.39 Å². The molecule has 0 aliphatic rings. The summed E-state index contributed by atoms with van der Waals surface area (Å²) < 4.78 is 13.5. The van der Waals surface area contributed by atoms with Crippen molar-refractivity contribution in [1.82, 2.24) is 4.90 Å². The third-order valence-corrected chi connectivity index (χ3v) is 2.75. The second-order valence-corrected chi connectivity index (χ2v) is 4.43. The maximum Gasteiger partial charge on any atom is 0.231 e. The van der Waals surface area contributed by atoms with Crippen molar-refractivity contribution in [3.05, 3.63) is 35.6 Å². The van der Waals surface area contributed by atoms with E-state index in [1.807, 2.05) is 6.92 Å². The van der Waals surface area contributed by atoms with Crippen LogP contribution in [-0.4, -0.2) is 36.2 Å². The predicted octanol–water partition coefficient (Wildman–Crippen LogP) is 1.60. The fourth-order valence-corrected chi connectivity index (χ4v) is 1.79. The van der Waals surface area contributed by atoms with Crippen molar-refractivity contribution in [3.63, 3.8) is 0 Å². The standard InChI is InChI=1S/C14H19FN2O2/c1-2-3-8-17(10-14(16)19)9-13(18)11-6-4-5-7-12(11)15/h4-7H,2-3,8-10H2,1H3,(H2,16,19). The highest BCUT2D eigenvalue weighted by Crippen LogP contribution is 2.08. The number of nitrogens with two attached hydrogens (primary N) is 1. The van der Waals surface area contributed by atoms with Gasteiger partial charge in [-0.3, -0.25) is 14.5 Å². The number of rotatable bonds is 8. The second kappa shape index (κ2) is 7.63. The summed E-state index contributed by atoms with van der Waals surface area (Å²) in [4.78, 5) is 24.6. The number of ketones is 1. The van der Waals surface area contributed by atoms with Crippen molar-refractivity contribution >= 4 is 11.7 Å². The zero-order chi connectivity index (χ0) is 14.3. The molecule has 4 nitrogen and oxygen atoms in total. The maximum absolute atomic E-state index is 13.5. The van der Waals surface area contributed by atoms with E-state index in [-0.39, 0.29) is 24.4 Å². The molecular formula is C14H19FN2O2. The highest BCUT2D eigenvalue weighted by atomic mass is 19.1. The summed E-state index contributed by atoms with van der Waals surface area (Å²) in [7, 11) is 0. The van der Waals surface area contributed by atoms with Gasteiger partial charge in [-0.25, -0.2) is 4.39 Å². The lowest BCUT2D eigenvalue weighted by molar-refractivity contribution is -0.119. The molecule has 0 atom stereocenters. The third kappa shape index (κ3) is 5.18. The lowest BCUT2D eigenvalue weighted by atomic mass is 10.1. The zero-order valence-electron chi connectivity index (χ0n) is 11.1. The molecule has 1 rings (SSSR count). The van der Waals surface area contributed by atoms with Gasteiger partial charge >= 0.3 is 0 Å². The Morgan fingerprint density at radius 3 is 2.53 bits per heavy atom. The van der Waals surface area contributed by atoms with Crippen LogP contribution in [0.3, 0.4) is 0 Å². The quantitative estimate of drug-likeness (QED) is 0.727. The van der Waals surface area contributed by atoms with Gasteiger partial charge in [0.25, 0.3) is 0 Å². The first kappa shape index (κ1) is 15.3. The molecule has 19 heavy (non-hydrogen) atoms. The number of hydrogen-bond donors (Lipinski definition) is 1. The summed E-state index contributed by atoms with van der Waals surface area (Å²) in [5.74, 6) is -1.37. The molecule has 0 bridgehead atoms. The number of Topliss-reactive ketones (excluding diaryl/α,β-unsaturated/α-hetero) is 1. The van der Waals surface area contributed by atoms with Crippen molar-refractivity contribution in [2.75, 3.05) is 19.6 Å². The Morgan fingerprint density at radius 1 is 1.26 bits per heavy atom. The van der Waals surface area contributed by atoms with Crippen molar-refractivity contribution in [2.24, 2.45) is 5.73 Å². The van der Waals surface area contributed by atoms with E-state index in [1.165, 1.54) is 18.2 Å². The molecule has 0 saturated heterocycles. The summed E-state index contributed by atoms with van der Waals surface area (Å²) in [5, 5.41) is 0. The van der Waals surface area contributed by atoms with Gasteiger partial charge in [0.2, 0.25) is 5.91 Å². The predicted molar refractivity (Wildman–Crippen MR) is 71.3 cm³/mol. The molecule has 0 aromatic heterocycles. The van der Waals surface area contributed by atoms with Crippen molar-refractivity contribution in [1.29, 1.82) is 0 Å². The third-order valence-electron chi connectivity index (χ3n) is 2.75. The van der Waals surface area contributed by atoms with Crippen molar-refractivity contribution in [3.8, 4) is 0 Å². The van der Waals surface area contributed by atoms with E-state index in [4.69, 9.17) is 5.73 Å². The lowest BCUT2D eigenvalue weighted by Gasteiger charge is -2.19. The molecule has 1 amide bonds. The Labute approximate surface area is 112 Å². The van der Waals surface area contributed by atoms with Crippen LogP contribution < -0.4 is 5.73 Å². The topological polar surface area (TPSA) is 63.4 Å². The molecule has 0 aliphatic heterocycles. The molecule has 0 aliphatic carbocycles. The van der Waals surface area contributed by atoms with E-state index in [0.29, 0.717) is 6.54 Å². The van der Waals surface area contributed by atoms with Crippen molar-refractivity contribution in [2.45, 2.75) is 19.8 Å². The summed E-state index contributed by atoms with van der Waals surface area (Å²) in [6, 6.07) is 5.84. The molecule has 104 valence electrons. The molecule has 0 saturated carbocycles. The Kier molecular flexibility index (Phi) is 6.15. The van der Waals surface area contributed by atoms with Crippen LogP contribution >= 0.6 is 0 Å². The van der Waals surface area contributed by atoms with E-state index in [1.54, 1.807) is 11.0 Å². The largest absolute Gasteiger partial charge is 0.369 e. The van der Waals surface area contributed by atoms with Crippen LogP contribution in [-0.2, 0) is 4.79 Å². The van der Waals surface area contributed by atoms with Crippen LogP contribution in [0.25, 0.3) is 0 Å². The van der Waals surface area contributed by atoms with Crippen LogP contribution in [0.2, 0.25) is 0 Å². The van der Waals surface area contributed by atoms with E-state index >= 15 is 0 Å². The fraction of sp³-hybridized carbons (Fsp3) is 0.429. The summed E-state index contributed by atoms with van der Waals surface area (Å²) >= 11 is 0. The molecule has 0 radical (unpaired) electrons. The first-order valence-electron chi connectivity index (χ1n) is 6.33. The molecule has 0 heterocycles. The van der Waals surface area contributed by atoms with E-state index in [2.05, 4.69) is 0 Å². The van der Waals surface area contributed by atoms with Gasteiger partial charge in [-0.15, -0.1) is 0 Å². The SMILES string of the molecule is CCCCN(CC(N)=O)CC(=O)c1ccccc1F. The molecule has 1 aromatic carbocycles. The monoisotopic (exact) mass is 266 g/mol. The van der Waals surface area contributed by atoms with Gasteiger partial charge in [-0.05, 0) is 25.1 Å². The molecule has 2 N–H and O–H groups in total. The van der Waals surface area contributed by atoms with Gasteiger partial charge in [0.1, 0.15) is 5.82 Å². The van der Waals surface area contributed by atoms with E-state index in [0.717, 1.165) is 12.8 Å². The number of unbranched alkanes of at least 4 members (excludes halogenated alkanes) is 1. The normalized spacial score (nSPS) is 10.7. The highest BCUT2D eigenvalue weighted by molar-refractivity contribution is 5.98. The molecule has 5 heteroatoms. The van der Waals surface area contributed by atoms with E-state index in [9.17, 15) is 14.0 Å². The lowest BCUT2D eigenvalue weighted by Crippen LogP contribution is -2.38. The smallest absolute Gasteiger partial charge is 0.231 e. The molecule has 0 unspecified atom stereocenters. The Balaban J connectivity index is 2.70. The maximum atomic E-state index is 13.5. The average Bonchev–Trinajstić information content (AvgIpc) is 2.35. The summed E-state index contributed by atoms with van der Waals surface area (Å²) in [5.41, 5.74) is 5.19. The highest BCUT2D eigenvalue weighted by Gasteiger charge is 2.16. The van der Waals surface area contributed by atoms with Gasteiger partial charge in [-0.2, -0.15) is 0 Å². The average molecular weight is 266 g/mol. The fourth-order valence-electron chi connectivity index (χ4n) is 1.79. The molecule has 0 spiro atoms. The summed E-state index contributed by atoms with van der Waals surface area (Å²) in [6.45, 7) is 2.63. The van der Waals surface area contributed by atoms with E-state index < -0.39 is 11.7 Å². The molecule has 0 fully saturated rings. The minimum absolute atomic E-state index is 0.00384. The van der Waals surface area contributed by atoms with Crippen LogP contribution in [0.1, 0.15) is 30.1 Å². The Bertz CT molecular complexity index is 449. The first-order valence-corrected chi connectivity index (χ1v) is 6.33. The Hall–Kier alpha value is -1.75. The number of benzene rings is 1. The number of halogens is 1. The number of carbonyl (C=O) groups excluding carboxylic acids is 2. The minimum atomic E-state index is -0.540. The van der Waals surface area contributed by atoms with Gasteiger partial charge in [-0.1, -0.05) is 25.5 Å². The number of hydrogen-bond acceptors (Lipinski definition) is 3.